The minimum absolute atomic E-state index is 0.160. The maximum atomic E-state index is 5.92. The maximum Gasteiger partial charge on any atom is 0.361 e. The van der Waals surface area contributed by atoms with Crippen LogP contribution in [-0.4, -0.2) is 40.4 Å². The van der Waals surface area contributed by atoms with Gasteiger partial charge in [0.15, 0.2) is 17.3 Å². The Kier molecular flexibility index (Phi) is 3.50. The van der Waals surface area contributed by atoms with Crippen molar-refractivity contribution < 1.29 is 9.15 Å². The molecule has 1 aromatic carbocycles. The van der Waals surface area contributed by atoms with Gasteiger partial charge in [-0.05, 0) is 47.7 Å². The van der Waals surface area contributed by atoms with Crippen LogP contribution in [0.3, 0.4) is 0 Å². The highest BCUT2D eigenvalue weighted by molar-refractivity contribution is 5.60. The Bertz CT molecular complexity index is 1140. The van der Waals surface area contributed by atoms with Crippen molar-refractivity contribution in [2.24, 2.45) is 0 Å². The SMILES string of the molecule is c1cc(-c2ccc(-c3nccn3-c3ccc(Oc4nn[nH]n4)cc3)o2)[nH]n1. The van der Waals surface area contributed by atoms with Crippen LogP contribution in [0, 0.1) is 0 Å². The number of aromatic nitrogens is 8. The Balaban J connectivity index is 1.43. The molecule has 10 heteroatoms. The van der Waals surface area contributed by atoms with Crippen LogP contribution in [0.15, 0.2) is 65.5 Å². The summed E-state index contributed by atoms with van der Waals surface area (Å²) in [6, 6.07) is 13.2. The van der Waals surface area contributed by atoms with Gasteiger partial charge in [-0.25, -0.2) is 4.98 Å². The van der Waals surface area contributed by atoms with Crippen molar-refractivity contribution in [3.05, 3.63) is 61.1 Å². The summed E-state index contributed by atoms with van der Waals surface area (Å²) in [6.45, 7) is 0. The van der Waals surface area contributed by atoms with Gasteiger partial charge in [0.1, 0.15) is 11.4 Å². The number of rotatable bonds is 5. The number of ether oxygens (including phenoxy) is 1. The van der Waals surface area contributed by atoms with Crippen molar-refractivity contribution in [1.82, 2.24) is 40.4 Å². The standard InChI is InChI=1S/C17H12N8O2/c1-3-12(26-17-21-23-24-22-17)4-2-11(1)25-10-9-18-16(25)15-6-5-14(27-15)13-7-8-19-20-13/h1-10H,(H,19,20)(H,21,22,23,24). The lowest BCUT2D eigenvalue weighted by atomic mass is 10.3. The first-order valence-corrected chi connectivity index (χ1v) is 8.02. The van der Waals surface area contributed by atoms with E-state index in [1.807, 2.05) is 53.2 Å². The third-order valence-corrected chi connectivity index (χ3v) is 3.88. The number of aromatic amines is 2. The Morgan fingerprint density at radius 1 is 0.963 bits per heavy atom. The molecule has 10 nitrogen and oxygen atoms in total. The maximum absolute atomic E-state index is 5.92. The normalized spacial score (nSPS) is 11.0. The lowest BCUT2D eigenvalue weighted by Crippen LogP contribution is -1.95. The van der Waals surface area contributed by atoms with E-state index in [2.05, 4.69) is 35.8 Å². The zero-order valence-corrected chi connectivity index (χ0v) is 13.8. The van der Waals surface area contributed by atoms with E-state index >= 15 is 0 Å². The average molecular weight is 360 g/mol. The predicted molar refractivity (Wildman–Crippen MR) is 93.1 cm³/mol. The van der Waals surface area contributed by atoms with Crippen LogP contribution in [-0.2, 0) is 0 Å². The van der Waals surface area contributed by atoms with Crippen molar-refractivity contribution in [2.45, 2.75) is 0 Å². The van der Waals surface area contributed by atoms with Crippen LogP contribution < -0.4 is 4.74 Å². The monoisotopic (exact) mass is 360 g/mol. The van der Waals surface area contributed by atoms with Crippen molar-refractivity contribution in [3.63, 3.8) is 0 Å². The number of hydrogen-bond donors (Lipinski definition) is 2. The van der Waals surface area contributed by atoms with Crippen molar-refractivity contribution >= 4 is 0 Å². The Hall–Kier alpha value is -4.21. The zero-order chi connectivity index (χ0) is 18.1. The third kappa shape index (κ3) is 2.84. The second-order valence-electron chi connectivity index (χ2n) is 5.55. The highest BCUT2D eigenvalue weighted by atomic mass is 16.5. The number of benzene rings is 1. The Labute approximate surface area is 151 Å². The molecule has 0 aliphatic carbocycles. The zero-order valence-electron chi connectivity index (χ0n) is 13.8. The lowest BCUT2D eigenvalue weighted by molar-refractivity contribution is 0.442. The highest BCUT2D eigenvalue weighted by Gasteiger charge is 2.14. The van der Waals surface area contributed by atoms with E-state index in [0.29, 0.717) is 23.1 Å². The molecule has 0 spiro atoms. The molecule has 0 unspecified atom stereocenters. The van der Waals surface area contributed by atoms with Crippen LogP contribution in [0.4, 0.5) is 0 Å². The van der Waals surface area contributed by atoms with Gasteiger partial charge >= 0.3 is 6.01 Å². The molecule has 0 bridgehead atoms. The van der Waals surface area contributed by atoms with Crippen molar-refractivity contribution in [3.8, 4) is 40.5 Å². The fourth-order valence-corrected chi connectivity index (χ4v) is 2.67. The largest absolute Gasteiger partial charge is 0.451 e. The first kappa shape index (κ1) is 15.1. The number of hydrogen-bond acceptors (Lipinski definition) is 7. The summed E-state index contributed by atoms with van der Waals surface area (Å²) in [6.07, 6.45) is 5.26. The number of tetrazole rings is 1. The van der Waals surface area contributed by atoms with E-state index in [1.54, 1.807) is 12.4 Å². The van der Waals surface area contributed by atoms with Gasteiger partial charge in [-0.3, -0.25) is 9.67 Å². The molecule has 0 aliphatic rings. The molecular weight excluding hydrogens is 348 g/mol. The van der Waals surface area contributed by atoms with Gasteiger partial charge < -0.3 is 9.15 Å². The molecule has 0 amide bonds. The summed E-state index contributed by atoms with van der Waals surface area (Å²) in [4.78, 5) is 4.42. The second-order valence-corrected chi connectivity index (χ2v) is 5.55. The molecule has 0 saturated carbocycles. The fourth-order valence-electron chi connectivity index (χ4n) is 2.67. The van der Waals surface area contributed by atoms with Crippen LogP contribution >= 0.6 is 0 Å². The molecule has 5 aromatic rings. The summed E-state index contributed by atoms with van der Waals surface area (Å²) in [5, 5.41) is 20.1. The predicted octanol–water partition coefficient (Wildman–Crippen LogP) is 2.83. The Morgan fingerprint density at radius 2 is 1.85 bits per heavy atom. The summed E-state index contributed by atoms with van der Waals surface area (Å²) in [5.74, 6) is 2.63. The topological polar surface area (TPSA) is 123 Å². The molecule has 0 radical (unpaired) electrons. The van der Waals surface area contributed by atoms with E-state index < -0.39 is 0 Å². The Morgan fingerprint density at radius 3 is 2.63 bits per heavy atom. The molecular formula is C17H12N8O2. The summed E-state index contributed by atoms with van der Waals surface area (Å²) < 4.78 is 13.3. The van der Waals surface area contributed by atoms with E-state index in [-0.39, 0.29) is 6.01 Å². The number of nitrogens with one attached hydrogen (secondary N) is 2. The van der Waals surface area contributed by atoms with E-state index in [9.17, 15) is 0 Å². The minimum atomic E-state index is 0.160. The van der Waals surface area contributed by atoms with Crippen LogP contribution in [0.2, 0.25) is 0 Å². The van der Waals surface area contributed by atoms with E-state index in [0.717, 1.165) is 11.4 Å². The second kappa shape index (κ2) is 6.26. The van der Waals surface area contributed by atoms with Gasteiger partial charge in [0, 0.05) is 24.3 Å². The average Bonchev–Trinajstić information content (AvgIpc) is 3.49. The summed E-state index contributed by atoms with van der Waals surface area (Å²) in [7, 11) is 0. The molecule has 0 atom stereocenters. The molecule has 0 fully saturated rings. The summed E-state index contributed by atoms with van der Waals surface area (Å²) >= 11 is 0. The highest BCUT2D eigenvalue weighted by Crippen LogP contribution is 2.28. The van der Waals surface area contributed by atoms with Gasteiger partial charge in [-0.2, -0.15) is 10.3 Å². The van der Waals surface area contributed by atoms with E-state index in [1.165, 1.54) is 0 Å². The number of nitrogens with zero attached hydrogens (tertiary/aromatic N) is 6. The molecule has 0 aliphatic heterocycles. The quantitative estimate of drug-likeness (QED) is 0.494. The number of H-pyrrole nitrogens is 2. The fraction of sp³-hybridized carbons (Fsp3) is 0. The molecule has 2 N–H and O–H groups in total. The molecule has 0 saturated heterocycles. The first-order valence-electron chi connectivity index (χ1n) is 8.02. The van der Waals surface area contributed by atoms with Crippen molar-refractivity contribution in [2.75, 3.05) is 0 Å². The van der Waals surface area contributed by atoms with E-state index in [4.69, 9.17) is 9.15 Å². The minimum Gasteiger partial charge on any atom is -0.451 e. The summed E-state index contributed by atoms with van der Waals surface area (Å²) in [5.41, 5.74) is 1.71. The molecule has 5 rings (SSSR count). The molecule has 4 heterocycles. The van der Waals surface area contributed by atoms with Crippen LogP contribution in [0.5, 0.6) is 11.8 Å². The van der Waals surface area contributed by atoms with Gasteiger partial charge in [-0.1, -0.05) is 10.2 Å². The first-order chi connectivity index (χ1) is 13.4. The number of furan rings is 1. The lowest BCUT2D eigenvalue weighted by Gasteiger charge is -2.07. The van der Waals surface area contributed by atoms with Gasteiger partial charge in [0.05, 0.1) is 0 Å². The number of imidazole rings is 1. The molecule has 4 aromatic heterocycles. The van der Waals surface area contributed by atoms with Gasteiger partial charge in [0.2, 0.25) is 0 Å². The third-order valence-electron chi connectivity index (χ3n) is 3.88. The van der Waals surface area contributed by atoms with Crippen LogP contribution in [0.25, 0.3) is 28.7 Å². The molecule has 27 heavy (non-hydrogen) atoms. The van der Waals surface area contributed by atoms with Gasteiger partial charge in [-0.15, -0.1) is 0 Å². The van der Waals surface area contributed by atoms with Crippen molar-refractivity contribution in [1.29, 1.82) is 0 Å². The van der Waals surface area contributed by atoms with Gasteiger partial charge in [0.25, 0.3) is 0 Å². The van der Waals surface area contributed by atoms with Crippen LogP contribution in [0.1, 0.15) is 0 Å². The smallest absolute Gasteiger partial charge is 0.361 e. The molecule has 132 valence electrons.